The van der Waals surface area contributed by atoms with E-state index in [1.54, 1.807) is 31.7 Å². The molecule has 6 heterocycles. The highest BCUT2D eigenvalue weighted by Gasteiger charge is 2.40. The van der Waals surface area contributed by atoms with Crippen LogP contribution in [0.25, 0.3) is 10.9 Å². The standard InChI is InChI=1S/C44H49F2N7O7/c1-44(2,3)60-43(58)53-35-22-38(47-23-26(35)19-36(53)33-9-6-15-50(33)4)48-40(55)28-20-31(46)37(21-30(28)45)59-18-14-25-12-16-51(17-13-25)32-8-5-7-27-29(32)24-52(42(27)57)34-10-11-39(54)49-41(34)56/h5,7-8,19-23,25,33-34H,6,9-18,24H2,1-4H3,(H,47,48,55)(H,49,54,56)/t33-,34?/m1/s1. The molecule has 0 aliphatic carbocycles. The van der Waals surface area contributed by atoms with Crippen LogP contribution in [0.15, 0.2) is 48.7 Å². The van der Waals surface area contributed by atoms with Gasteiger partial charge in [0.25, 0.3) is 11.8 Å². The maximum atomic E-state index is 15.4. The number of hydrogen-bond donors (Lipinski definition) is 2. The number of imide groups is 1. The molecule has 3 fully saturated rings. The molecular formula is C44H49F2N7O7. The first-order valence-corrected chi connectivity index (χ1v) is 20.5. The van der Waals surface area contributed by atoms with E-state index in [1.807, 2.05) is 25.2 Å². The molecule has 0 radical (unpaired) electrons. The molecule has 4 aliphatic rings. The van der Waals surface area contributed by atoms with Crippen molar-refractivity contribution in [2.24, 2.45) is 5.92 Å². The molecule has 14 nitrogen and oxygen atoms in total. The van der Waals surface area contributed by atoms with Crippen LogP contribution in [0.5, 0.6) is 5.75 Å². The molecule has 2 aromatic carbocycles. The van der Waals surface area contributed by atoms with Gasteiger partial charge < -0.3 is 24.6 Å². The van der Waals surface area contributed by atoms with Crippen LogP contribution in [-0.2, 0) is 20.9 Å². The Bertz CT molecular complexity index is 2390. The van der Waals surface area contributed by atoms with Crippen molar-refractivity contribution in [3.63, 3.8) is 0 Å². The highest BCUT2D eigenvalue weighted by molar-refractivity contribution is 6.06. The minimum atomic E-state index is -0.966. The lowest BCUT2D eigenvalue weighted by Crippen LogP contribution is -2.52. The lowest BCUT2D eigenvalue weighted by atomic mass is 9.93. The molecule has 8 rings (SSSR count). The summed E-state index contributed by atoms with van der Waals surface area (Å²) >= 11 is 0. The second kappa shape index (κ2) is 16.3. The topological polar surface area (TPSA) is 155 Å². The predicted octanol–water partition coefficient (Wildman–Crippen LogP) is 6.56. The van der Waals surface area contributed by atoms with E-state index in [4.69, 9.17) is 9.47 Å². The Morgan fingerprint density at radius 1 is 0.967 bits per heavy atom. The van der Waals surface area contributed by atoms with Crippen LogP contribution in [0, 0.1) is 17.6 Å². The van der Waals surface area contributed by atoms with Gasteiger partial charge in [0.05, 0.1) is 23.7 Å². The van der Waals surface area contributed by atoms with Crippen molar-refractivity contribution in [2.45, 2.75) is 89.9 Å². The lowest BCUT2D eigenvalue weighted by molar-refractivity contribution is -0.136. The highest BCUT2D eigenvalue weighted by atomic mass is 19.1. The molecular weight excluding hydrogens is 777 g/mol. The predicted molar refractivity (Wildman–Crippen MR) is 218 cm³/mol. The third-order valence-corrected chi connectivity index (χ3v) is 12.0. The molecule has 2 N–H and O–H groups in total. The van der Waals surface area contributed by atoms with E-state index in [-0.39, 0.29) is 48.4 Å². The molecule has 0 bridgehead atoms. The van der Waals surface area contributed by atoms with Gasteiger partial charge in [0.15, 0.2) is 11.6 Å². The van der Waals surface area contributed by atoms with Crippen molar-refractivity contribution in [1.82, 2.24) is 24.7 Å². The van der Waals surface area contributed by atoms with Crippen molar-refractivity contribution in [2.75, 3.05) is 43.5 Å². The van der Waals surface area contributed by atoms with Gasteiger partial charge in [-0.15, -0.1) is 0 Å². The van der Waals surface area contributed by atoms with E-state index in [2.05, 4.69) is 25.4 Å². The van der Waals surface area contributed by atoms with Gasteiger partial charge in [0, 0.05) is 72.3 Å². The first-order valence-electron chi connectivity index (χ1n) is 20.5. The van der Waals surface area contributed by atoms with E-state index in [0.717, 1.165) is 61.3 Å². The fourth-order valence-electron chi connectivity index (χ4n) is 8.89. The number of fused-ring (bicyclic) bond motifs is 2. The number of carbonyl (C=O) groups excluding carboxylic acids is 5. The largest absolute Gasteiger partial charge is 0.490 e. The summed E-state index contributed by atoms with van der Waals surface area (Å²) in [5, 5.41) is 5.56. The number of ether oxygens (including phenoxy) is 2. The van der Waals surface area contributed by atoms with Crippen LogP contribution in [0.3, 0.4) is 0 Å². The SMILES string of the molecule is CN1CCC[C@@H]1c1cc2cnc(NC(=O)c3cc(F)c(OCCC4CCN(c5cccc6c5CN(C5CCC(=O)NC5=O)C6=O)CC4)cc3F)cc2n1C(=O)OC(C)(C)C. The maximum Gasteiger partial charge on any atom is 0.419 e. The van der Waals surface area contributed by atoms with E-state index >= 15 is 8.78 Å². The van der Waals surface area contributed by atoms with Gasteiger partial charge in [-0.2, -0.15) is 0 Å². The average Bonchev–Trinajstić information content (AvgIpc) is 3.90. The van der Waals surface area contributed by atoms with Gasteiger partial charge in [0.1, 0.15) is 23.3 Å². The molecule has 0 spiro atoms. The zero-order chi connectivity index (χ0) is 42.5. The van der Waals surface area contributed by atoms with Crippen LogP contribution < -0.4 is 20.3 Å². The van der Waals surface area contributed by atoms with E-state index < -0.39 is 46.7 Å². The van der Waals surface area contributed by atoms with Crippen molar-refractivity contribution >= 4 is 52.1 Å². The van der Waals surface area contributed by atoms with Crippen molar-refractivity contribution in [3.05, 3.63) is 82.7 Å². The number of piperidine rings is 2. The number of nitrogens with one attached hydrogen (secondary N) is 2. The Morgan fingerprint density at radius 3 is 2.47 bits per heavy atom. The van der Waals surface area contributed by atoms with E-state index in [9.17, 15) is 24.0 Å². The Morgan fingerprint density at radius 2 is 1.75 bits per heavy atom. The van der Waals surface area contributed by atoms with Gasteiger partial charge in [0.2, 0.25) is 11.8 Å². The van der Waals surface area contributed by atoms with Gasteiger partial charge in [-0.05, 0) is 103 Å². The van der Waals surface area contributed by atoms with Crippen LogP contribution >= 0.6 is 0 Å². The second-order valence-electron chi connectivity index (χ2n) is 17.1. The Kier molecular flexibility index (Phi) is 11.1. The van der Waals surface area contributed by atoms with Crippen molar-refractivity contribution in [3.8, 4) is 5.75 Å². The quantitative estimate of drug-likeness (QED) is 0.177. The maximum absolute atomic E-state index is 15.4. The molecule has 60 heavy (non-hydrogen) atoms. The van der Waals surface area contributed by atoms with E-state index in [1.165, 1.54) is 16.8 Å². The van der Waals surface area contributed by atoms with Crippen LogP contribution in [-0.4, -0.2) is 94.0 Å². The average molecular weight is 826 g/mol. The van der Waals surface area contributed by atoms with Crippen LogP contribution in [0.4, 0.5) is 25.1 Å². The fourth-order valence-corrected chi connectivity index (χ4v) is 8.89. The first kappa shape index (κ1) is 40.9. The molecule has 4 aromatic rings. The molecule has 0 saturated carbocycles. The summed E-state index contributed by atoms with van der Waals surface area (Å²) in [5.74, 6) is -3.75. The summed E-state index contributed by atoms with van der Waals surface area (Å²) in [7, 11) is 2.00. The minimum Gasteiger partial charge on any atom is -0.490 e. The zero-order valence-corrected chi connectivity index (χ0v) is 34.2. The summed E-state index contributed by atoms with van der Waals surface area (Å²) in [6.07, 6.45) is 5.51. The summed E-state index contributed by atoms with van der Waals surface area (Å²) in [6, 6.07) is 9.98. The Hall–Kier alpha value is -5.90. The van der Waals surface area contributed by atoms with Gasteiger partial charge >= 0.3 is 6.09 Å². The molecule has 4 aliphatic heterocycles. The number of halogens is 2. The third kappa shape index (κ3) is 8.16. The Balaban J connectivity index is 0.874. The highest BCUT2D eigenvalue weighted by Crippen LogP contribution is 2.38. The first-order chi connectivity index (χ1) is 28.6. The number of carbonyl (C=O) groups is 5. The molecule has 3 saturated heterocycles. The number of nitrogens with zero attached hydrogens (tertiary/aromatic N) is 5. The van der Waals surface area contributed by atoms with Crippen LogP contribution in [0.2, 0.25) is 0 Å². The van der Waals surface area contributed by atoms with Crippen LogP contribution in [0.1, 0.15) is 104 Å². The summed E-state index contributed by atoms with van der Waals surface area (Å²) in [6.45, 7) is 8.10. The number of amides is 4. The third-order valence-electron chi connectivity index (χ3n) is 12.0. The summed E-state index contributed by atoms with van der Waals surface area (Å²) < 4.78 is 43.6. The molecule has 2 aromatic heterocycles. The Labute approximate surface area is 346 Å². The number of anilines is 2. The second-order valence-corrected chi connectivity index (χ2v) is 17.1. The smallest absolute Gasteiger partial charge is 0.419 e. The molecule has 1 unspecified atom stereocenters. The normalized spacial score (nSPS) is 20.1. The monoisotopic (exact) mass is 825 g/mol. The number of benzene rings is 2. The summed E-state index contributed by atoms with van der Waals surface area (Å²) in [5.41, 5.74) is 2.30. The van der Waals surface area contributed by atoms with Gasteiger partial charge in [-0.25, -0.2) is 23.1 Å². The molecule has 2 atom stereocenters. The zero-order valence-electron chi connectivity index (χ0n) is 34.2. The van der Waals surface area contributed by atoms with Gasteiger partial charge in [-0.3, -0.25) is 29.4 Å². The lowest BCUT2D eigenvalue weighted by Gasteiger charge is -2.35. The number of aromatic nitrogens is 2. The van der Waals surface area contributed by atoms with Crippen molar-refractivity contribution < 1.29 is 42.2 Å². The summed E-state index contributed by atoms with van der Waals surface area (Å²) in [4.78, 5) is 74.6. The number of likely N-dealkylation sites (tertiary alicyclic amines) is 1. The number of pyridine rings is 1. The van der Waals surface area contributed by atoms with Crippen molar-refractivity contribution in [1.29, 1.82) is 0 Å². The minimum absolute atomic E-state index is 0.0217. The molecule has 4 amide bonds. The molecule has 316 valence electrons. The number of rotatable bonds is 9. The van der Waals surface area contributed by atoms with Gasteiger partial charge in [-0.1, -0.05) is 6.07 Å². The molecule has 16 heteroatoms. The fraction of sp³-hybridized carbons (Fsp3) is 0.455. The van der Waals surface area contributed by atoms with E-state index in [0.29, 0.717) is 48.9 Å². The number of hydrogen-bond acceptors (Lipinski definition) is 10.